The fraction of sp³-hybridized carbons (Fsp3) is 0.318. The zero-order valence-corrected chi connectivity index (χ0v) is 16.2. The number of nitrogens with one attached hydrogen (secondary N) is 1. The first-order chi connectivity index (χ1) is 14.3. The van der Waals surface area contributed by atoms with Crippen LogP contribution in [0.1, 0.15) is 35.3 Å². The van der Waals surface area contributed by atoms with Crippen molar-refractivity contribution >= 4 is 17.5 Å². The number of carbonyl (C=O) groups excluding carboxylic acids is 1. The van der Waals surface area contributed by atoms with Crippen LogP contribution in [0, 0.1) is 5.92 Å². The molecule has 7 nitrogen and oxygen atoms in total. The van der Waals surface area contributed by atoms with Crippen LogP contribution in [0.5, 0.6) is 0 Å². The maximum absolute atomic E-state index is 12.6. The minimum atomic E-state index is -0.0199. The van der Waals surface area contributed by atoms with E-state index in [1.165, 1.54) is 5.56 Å². The number of anilines is 2. The van der Waals surface area contributed by atoms with Crippen LogP contribution in [0.4, 0.5) is 11.6 Å². The van der Waals surface area contributed by atoms with Crippen molar-refractivity contribution in [2.24, 2.45) is 5.92 Å². The second-order valence-corrected chi connectivity index (χ2v) is 7.28. The maximum Gasteiger partial charge on any atom is 0.274 e. The van der Waals surface area contributed by atoms with Crippen molar-refractivity contribution in [3.8, 4) is 0 Å². The van der Waals surface area contributed by atoms with E-state index in [1.807, 2.05) is 29.3 Å². The van der Waals surface area contributed by atoms with Crippen LogP contribution in [0.25, 0.3) is 0 Å². The summed E-state index contributed by atoms with van der Waals surface area (Å²) in [5, 5.41) is 3.23. The number of aromatic nitrogens is 4. The molecule has 4 heterocycles. The van der Waals surface area contributed by atoms with E-state index in [0.717, 1.165) is 50.4 Å². The van der Waals surface area contributed by atoms with Crippen molar-refractivity contribution in [1.82, 2.24) is 24.8 Å². The van der Waals surface area contributed by atoms with Crippen LogP contribution in [-0.4, -0.2) is 43.8 Å². The lowest BCUT2D eigenvalue weighted by Crippen LogP contribution is -2.40. The first-order valence-corrected chi connectivity index (χ1v) is 9.96. The molecular weight excluding hydrogens is 364 g/mol. The van der Waals surface area contributed by atoms with Crippen molar-refractivity contribution in [2.45, 2.75) is 25.7 Å². The number of carbonyl (C=O) groups is 1. The summed E-state index contributed by atoms with van der Waals surface area (Å²) in [4.78, 5) is 31.4. The second kappa shape index (κ2) is 9.23. The Balaban J connectivity index is 1.33. The number of pyridine rings is 2. The number of hydrogen-bond donors (Lipinski definition) is 1. The number of aryl methyl sites for hydroxylation is 1. The van der Waals surface area contributed by atoms with E-state index in [9.17, 15) is 4.79 Å². The van der Waals surface area contributed by atoms with Gasteiger partial charge in [0.05, 0.1) is 6.20 Å². The van der Waals surface area contributed by atoms with Crippen LogP contribution in [-0.2, 0) is 6.42 Å². The molecule has 1 fully saturated rings. The molecule has 1 aliphatic rings. The highest BCUT2D eigenvalue weighted by Gasteiger charge is 2.25. The fourth-order valence-corrected chi connectivity index (χ4v) is 3.69. The highest BCUT2D eigenvalue weighted by Crippen LogP contribution is 2.23. The maximum atomic E-state index is 12.6. The summed E-state index contributed by atoms with van der Waals surface area (Å²) in [6.45, 7) is 1.57. The molecule has 4 rings (SSSR count). The predicted molar refractivity (Wildman–Crippen MR) is 111 cm³/mol. The topological polar surface area (TPSA) is 83.9 Å². The van der Waals surface area contributed by atoms with Crippen LogP contribution in [0.2, 0.25) is 0 Å². The molecule has 1 aliphatic heterocycles. The van der Waals surface area contributed by atoms with Gasteiger partial charge in [0.1, 0.15) is 17.3 Å². The Kier molecular flexibility index (Phi) is 6.04. The van der Waals surface area contributed by atoms with E-state index < -0.39 is 0 Å². The van der Waals surface area contributed by atoms with Crippen molar-refractivity contribution < 1.29 is 4.79 Å². The second-order valence-electron chi connectivity index (χ2n) is 7.28. The third-order valence-corrected chi connectivity index (χ3v) is 5.18. The molecular formula is C22H24N6O. The SMILES string of the molecule is O=C(c1cnccn1)N1CCCC(CCc2ccnc(Nc3ccccn3)c2)C1. The lowest BCUT2D eigenvalue weighted by Gasteiger charge is -2.32. The third-order valence-electron chi connectivity index (χ3n) is 5.18. The molecule has 0 aromatic carbocycles. The molecule has 0 bridgehead atoms. The van der Waals surface area contributed by atoms with Crippen LogP contribution >= 0.6 is 0 Å². The quantitative estimate of drug-likeness (QED) is 0.696. The first kappa shape index (κ1) is 19.0. The first-order valence-electron chi connectivity index (χ1n) is 9.96. The highest BCUT2D eigenvalue weighted by molar-refractivity contribution is 5.92. The van der Waals surface area contributed by atoms with Gasteiger partial charge in [0.15, 0.2) is 0 Å². The number of hydrogen-bond acceptors (Lipinski definition) is 6. The molecule has 3 aromatic rings. The summed E-state index contributed by atoms with van der Waals surface area (Å²) in [5.41, 5.74) is 1.66. The van der Waals surface area contributed by atoms with E-state index in [0.29, 0.717) is 11.6 Å². The molecule has 7 heteroatoms. The van der Waals surface area contributed by atoms with Gasteiger partial charge in [-0.1, -0.05) is 6.07 Å². The number of nitrogens with zero attached hydrogens (tertiary/aromatic N) is 5. The van der Waals surface area contributed by atoms with Gasteiger partial charge in [-0.3, -0.25) is 9.78 Å². The lowest BCUT2D eigenvalue weighted by atomic mass is 9.91. The zero-order valence-electron chi connectivity index (χ0n) is 16.2. The zero-order chi connectivity index (χ0) is 19.9. The van der Waals surface area contributed by atoms with E-state index in [1.54, 1.807) is 24.8 Å². The van der Waals surface area contributed by atoms with Gasteiger partial charge < -0.3 is 10.2 Å². The number of rotatable bonds is 6. The molecule has 3 aromatic heterocycles. The van der Waals surface area contributed by atoms with Gasteiger partial charge in [-0.2, -0.15) is 0 Å². The Labute approximate surface area is 170 Å². The average molecular weight is 388 g/mol. The Morgan fingerprint density at radius 3 is 2.83 bits per heavy atom. The molecule has 0 radical (unpaired) electrons. The summed E-state index contributed by atoms with van der Waals surface area (Å²) in [6.07, 6.45) is 12.4. The van der Waals surface area contributed by atoms with Gasteiger partial charge in [-0.05, 0) is 61.4 Å². The molecule has 0 aliphatic carbocycles. The van der Waals surface area contributed by atoms with E-state index in [2.05, 4.69) is 37.4 Å². The molecule has 1 saturated heterocycles. The number of amides is 1. The minimum Gasteiger partial charge on any atom is -0.337 e. The average Bonchev–Trinajstić information content (AvgIpc) is 2.79. The standard InChI is InChI=1S/C22H24N6O/c29-22(19-15-23-11-12-24-19)28-13-3-4-18(16-28)7-6-17-8-10-26-21(14-17)27-20-5-1-2-9-25-20/h1-2,5,8-12,14-15,18H,3-4,6-7,13,16H2,(H,25,26,27). The minimum absolute atomic E-state index is 0.0199. The third kappa shape index (κ3) is 5.13. The van der Waals surface area contributed by atoms with Gasteiger partial charge in [0.2, 0.25) is 0 Å². The van der Waals surface area contributed by atoms with Crippen molar-refractivity contribution in [3.05, 3.63) is 72.6 Å². The molecule has 148 valence electrons. The van der Waals surface area contributed by atoms with Gasteiger partial charge in [0, 0.05) is 37.9 Å². The molecule has 1 amide bonds. The largest absolute Gasteiger partial charge is 0.337 e. The normalized spacial score (nSPS) is 16.4. The molecule has 1 atom stereocenters. The van der Waals surface area contributed by atoms with Gasteiger partial charge >= 0.3 is 0 Å². The van der Waals surface area contributed by atoms with Crippen molar-refractivity contribution in [2.75, 3.05) is 18.4 Å². The van der Waals surface area contributed by atoms with Crippen molar-refractivity contribution in [3.63, 3.8) is 0 Å². The van der Waals surface area contributed by atoms with Crippen LogP contribution in [0.3, 0.4) is 0 Å². The summed E-state index contributed by atoms with van der Waals surface area (Å²) in [7, 11) is 0. The summed E-state index contributed by atoms with van der Waals surface area (Å²) >= 11 is 0. The summed E-state index contributed by atoms with van der Waals surface area (Å²) in [5.74, 6) is 2.05. The number of piperidine rings is 1. The van der Waals surface area contributed by atoms with E-state index in [-0.39, 0.29) is 5.91 Å². The molecule has 0 saturated carbocycles. The molecule has 1 unspecified atom stereocenters. The fourth-order valence-electron chi connectivity index (χ4n) is 3.69. The van der Waals surface area contributed by atoms with Gasteiger partial charge in [0.25, 0.3) is 5.91 Å². The summed E-state index contributed by atoms with van der Waals surface area (Å²) < 4.78 is 0. The number of likely N-dealkylation sites (tertiary alicyclic amines) is 1. The van der Waals surface area contributed by atoms with Crippen LogP contribution < -0.4 is 5.32 Å². The Bertz CT molecular complexity index is 934. The lowest BCUT2D eigenvalue weighted by molar-refractivity contribution is 0.0662. The Morgan fingerprint density at radius 1 is 1.07 bits per heavy atom. The molecule has 0 spiro atoms. The van der Waals surface area contributed by atoms with E-state index >= 15 is 0 Å². The molecule has 1 N–H and O–H groups in total. The highest BCUT2D eigenvalue weighted by atomic mass is 16.2. The van der Waals surface area contributed by atoms with E-state index in [4.69, 9.17) is 0 Å². The van der Waals surface area contributed by atoms with Crippen LogP contribution in [0.15, 0.2) is 61.3 Å². The predicted octanol–water partition coefficient (Wildman–Crippen LogP) is 3.50. The Hall–Kier alpha value is -3.35. The molecule has 29 heavy (non-hydrogen) atoms. The van der Waals surface area contributed by atoms with Gasteiger partial charge in [-0.15, -0.1) is 0 Å². The smallest absolute Gasteiger partial charge is 0.274 e. The van der Waals surface area contributed by atoms with Gasteiger partial charge in [-0.25, -0.2) is 15.0 Å². The summed E-state index contributed by atoms with van der Waals surface area (Å²) in [6, 6.07) is 9.86. The monoisotopic (exact) mass is 388 g/mol. The van der Waals surface area contributed by atoms with Crippen molar-refractivity contribution in [1.29, 1.82) is 0 Å². The Morgan fingerprint density at radius 2 is 2.00 bits per heavy atom.